The largest absolute Gasteiger partial charge is 0.118 e. The lowest BCUT2D eigenvalue weighted by Crippen LogP contribution is -2.17. The van der Waals surface area contributed by atoms with Gasteiger partial charge in [0.2, 0.25) is 0 Å². The van der Waals surface area contributed by atoms with E-state index in [1.165, 1.54) is 36.0 Å². The first-order chi connectivity index (χ1) is 7.54. The Morgan fingerprint density at radius 1 is 1.38 bits per heavy atom. The van der Waals surface area contributed by atoms with Gasteiger partial charge >= 0.3 is 0 Å². The monoisotopic (exact) mass is 236 g/mol. The molecule has 0 saturated heterocycles. The molecule has 1 atom stereocenters. The zero-order valence-electron chi connectivity index (χ0n) is 10.5. The molecule has 0 aromatic heterocycles. The summed E-state index contributed by atoms with van der Waals surface area (Å²) in [7, 11) is 0. The summed E-state index contributed by atoms with van der Waals surface area (Å²) in [5, 5.41) is 0.233. The normalized spacial score (nSPS) is 20.6. The van der Waals surface area contributed by atoms with E-state index in [1.807, 2.05) is 0 Å². The van der Waals surface area contributed by atoms with Gasteiger partial charge in [-0.15, -0.1) is 11.6 Å². The van der Waals surface area contributed by atoms with Crippen molar-refractivity contribution in [2.45, 2.75) is 57.2 Å². The molecule has 0 heterocycles. The second kappa shape index (κ2) is 4.41. The fourth-order valence-electron chi connectivity index (χ4n) is 2.37. The van der Waals surface area contributed by atoms with Crippen molar-refractivity contribution in [3.63, 3.8) is 0 Å². The summed E-state index contributed by atoms with van der Waals surface area (Å²) in [6, 6.07) is 6.92. The molecule has 0 spiro atoms. The van der Waals surface area contributed by atoms with Crippen LogP contribution in [0.1, 0.15) is 62.1 Å². The molecule has 0 saturated carbocycles. The second-order valence-electron chi connectivity index (χ2n) is 5.51. The van der Waals surface area contributed by atoms with Crippen molar-refractivity contribution in [3.05, 3.63) is 34.9 Å². The maximum Gasteiger partial charge on any atom is 0.0588 e. The van der Waals surface area contributed by atoms with E-state index >= 15 is 0 Å². The van der Waals surface area contributed by atoms with Crippen LogP contribution in [0.25, 0.3) is 0 Å². The zero-order chi connectivity index (χ0) is 11.8. The van der Waals surface area contributed by atoms with Crippen LogP contribution in [-0.4, -0.2) is 0 Å². The third-order valence-corrected chi connectivity index (χ3v) is 4.51. The predicted octanol–water partition coefficient (Wildman–Crippen LogP) is 4.99. The molecule has 1 aromatic carbocycles. The Bertz CT molecular complexity index is 379. The lowest BCUT2D eigenvalue weighted by atomic mass is 9.79. The van der Waals surface area contributed by atoms with Crippen molar-refractivity contribution < 1.29 is 0 Å². The topological polar surface area (TPSA) is 0 Å². The maximum absolute atomic E-state index is 6.41. The highest BCUT2D eigenvalue weighted by molar-refractivity contribution is 6.21. The van der Waals surface area contributed by atoms with E-state index in [-0.39, 0.29) is 10.8 Å². The maximum atomic E-state index is 6.41. The molecule has 1 aliphatic carbocycles. The van der Waals surface area contributed by atoms with E-state index in [2.05, 4.69) is 39.0 Å². The van der Waals surface area contributed by atoms with Gasteiger partial charge in [-0.05, 0) is 47.8 Å². The highest BCUT2D eigenvalue weighted by atomic mass is 35.5. The first kappa shape index (κ1) is 12.0. The van der Waals surface area contributed by atoms with Gasteiger partial charge in [-0.2, -0.15) is 0 Å². The molecule has 88 valence electrons. The molecule has 0 bridgehead atoms. The van der Waals surface area contributed by atoms with Gasteiger partial charge in [-0.25, -0.2) is 0 Å². The lowest BCUT2D eigenvalue weighted by molar-refractivity contribution is 0.504. The Morgan fingerprint density at radius 2 is 2.12 bits per heavy atom. The van der Waals surface area contributed by atoms with Crippen LogP contribution in [0.4, 0.5) is 0 Å². The molecular weight excluding hydrogens is 216 g/mol. The smallest absolute Gasteiger partial charge is 0.0588 e. The second-order valence-corrected chi connectivity index (χ2v) is 6.04. The molecule has 0 amide bonds. The SMILES string of the molecule is CCC(C)(C)c1ccc2c(c1)C(Cl)CCC2. The first-order valence-electron chi connectivity index (χ1n) is 6.32. The van der Waals surface area contributed by atoms with E-state index in [9.17, 15) is 0 Å². The molecule has 0 fully saturated rings. The summed E-state index contributed by atoms with van der Waals surface area (Å²) in [4.78, 5) is 0. The van der Waals surface area contributed by atoms with Gasteiger partial charge in [0, 0.05) is 0 Å². The summed E-state index contributed by atoms with van der Waals surface area (Å²) >= 11 is 6.41. The van der Waals surface area contributed by atoms with Crippen LogP contribution < -0.4 is 0 Å². The van der Waals surface area contributed by atoms with Crippen molar-refractivity contribution in [2.75, 3.05) is 0 Å². The van der Waals surface area contributed by atoms with Gasteiger partial charge in [-0.3, -0.25) is 0 Å². The number of benzene rings is 1. The van der Waals surface area contributed by atoms with Gasteiger partial charge in [0.05, 0.1) is 5.38 Å². The van der Waals surface area contributed by atoms with Crippen LogP contribution in [0, 0.1) is 0 Å². The average molecular weight is 237 g/mol. The van der Waals surface area contributed by atoms with Crippen molar-refractivity contribution in [1.82, 2.24) is 0 Å². The highest BCUT2D eigenvalue weighted by Crippen LogP contribution is 2.37. The fourth-order valence-corrected chi connectivity index (χ4v) is 2.72. The number of fused-ring (bicyclic) bond motifs is 1. The van der Waals surface area contributed by atoms with Crippen LogP contribution in [0.15, 0.2) is 18.2 Å². The highest BCUT2D eigenvalue weighted by Gasteiger charge is 2.23. The average Bonchev–Trinajstić information content (AvgIpc) is 2.29. The third kappa shape index (κ3) is 2.13. The number of aryl methyl sites for hydroxylation is 1. The summed E-state index contributed by atoms with van der Waals surface area (Å²) in [5.74, 6) is 0. The van der Waals surface area contributed by atoms with Crippen molar-refractivity contribution in [1.29, 1.82) is 0 Å². The molecule has 1 aliphatic rings. The minimum absolute atomic E-state index is 0.233. The molecule has 1 unspecified atom stereocenters. The van der Waals surface area contributed by atoms with Gasteiger partial charge in [-0.1, -0.05) is 39.0 Å². The van der Waals surface area contributed by atoms with Crippen LogP contribution >= 0.6 is 11.6 Å². The molecule has 2 rings (SSSR count). The quantitative estimate of drug-likeness (QED) is 0.635. The van der Waals surface area contributed by atoms with Crippen molar-refractivity contribution in [2.24, 2.45) is 0 Å². The summed E-state index contributed by atoms with van der Waals surface area (Å²) in [6.07, 6.45) is 4.73. The van der Waals surface area contributed by atoms with Crippen LogP contribution in [-0.2, 0) is 11.8 Å². The van der Waals surface area contributed by atoms with Crippen LogP contribution in [0.2, 0.25) is 0 Å². The van der Waals surface area contributed by atoms with Crippen molar-refractivity contribution >= 4 is 11.6 Å². The third-order valence-electron chi connectivity index (χ3n) is 4.05. The van der Waals surface area contributed by atoms with E-state index < -0.39 is 0 Å². The van der Waals surface area contributed by atoms with E-state index in [4.69, 9.17) is 11.6 Å². The molecule has 0 N–H and O–H groups in total. The standard InChI is InChI=1S/C15H21Cl/c1-4-15(2,3)12-9-8-11-6-5-7-14(16)13(11)10-12/h8-10,14H,4-7H2,1-3H3. The molecular formula is C15H21Cl. The van der Waals surface area contributed by atoms with Gasteiger partial charge in [0.15, 0.2) is 0 Å². The van der Waals surface area contributed by atoms with Crippen LogP contribution in [0.3, 0.4) is 0 Å². The Hall–Kier alpha value is -0.490. The summed E-state index contributed by atoms with van der Waals surface area (Å²) < 4.78 is 0. The molecule has 16 heavy (non-hydrogen) atoms. The zero-order valence-corrected chi connectivity index (χ0v) is 11.3. The van der Waals surface area contributed by atoms with E-state index in [0.29, 0.717) is 0 Å². The predicted molar refractivity (Wildman–Crippen MR) is 71.3 cm³/mol. The minimum Gasteiger partial charge on any atom is -0.118 e. The van der Waals surface area contributed by atoms with E-state index in [0.717, 1.165) is 6.42 Å². The van der Waals surface area contributed by atoms with Gasteiger partial charge in [0.25, 0.3) is 0 Å². The summed E-state index contributed by atoms with van der Waals surface area (Å²) in [5.41, 5.74) is 4.54. The Labute approximate surface area is 104 Å². The number of rotatable bonds is 2. The number of alkyl halides is 1. The van der Waals surface area contributed by atoms with Crippen molar-refractivity contribution in [3.8, 4) is 0 Å². The molecule has 1 heteroatoms. The minimum atomic E-state index is 0.233. The Kier molecular flexibility index (Phi) is 3.30. The Balaban J connectivity index is 2.41. The molecule has 0 nitrogen and oxygen atoms in total. The van der Waals surface area contributed by atoms with Gasteiger partial charge < -0.3 is 0 Å². The fraction of sp³-hybridized carbons (Fsp3) is 0.600. The molecule has 1 aromatic rings. The summed E-state index contributed by atoms with van der Waals surface area (Å²) in [6.45, 7) is 6.86. The van der Waals surface area contributed by atoms with E-state index in [1.54, 1.807) is 0 Å². The van der Waals surface area contributed by atoms with Gasteiger partial charge in [0.1, 0.15) is 0 Å². The Morgan fingerprint density at radius 3 is 2.81 bits per heavy atom. The molecule has 0 aliphatic heterocycles. The first-order valence-corrected chi connectivity index (χ1v) is 6.75. The lowest BCUT2D eigenvalue weighted by Gasteiger charge is -2.27. The molecule has 0 radical (unpaired) electrons. The van der Waals surface area contributed by atoms with Crippen LogP contribution in [0.5, 0.6) is 0 Å². The number of hydrogen-bond acceptors (Lipinski definition) is 0. The number of halogens is 1. The number of hydrogen-bond donors (Lipinski definition) is 0.